The number of hydrogen-bond acceptors (Lipinski definition) is 4. The predicted molar refractivity (Wildman–Crippen MR) is 81.8 cm³/mol. The highest BCUT2D eigenvalue weighted by Gasteiger charge is 2.28. The molecule has 1 heterocycles. The van der Waals surface area contributed by atoms with Crippen molar-refractivity contribution in [2.75, 3.05) is 19.7 Å². The van der Waals surface area contributed by atoms with Crippen molar-refractivity contribution in [2.24, 2.45) is 11.7 Å². The molecule has 2 amide bonds. The number of nitrogens with zero attached hydrogens (tertiary/aromatic N) is 1. The Morgan fingerprint density at radius 3 is 2.57 bits per heavy atom. The van der Waals surface area contributed by atoms with Gasteiger partial charge in [0.05, 0.1) is 12.3 Å². The average molecular weight is 320 g/mol. The Kier molecular flexibility index (Phi) is 5.56. The minimum atomic E-state index is -0.867. The van der Waals surface area contributed by atoms with Crippen LogP contribution in [0.4, 0.5) is 0 Å². The van der Waals surface area contributed by atoms with E-state index >= 15 is 0 Å². The topological polar surface area (TPSA) is 110 Å². The molecule has 1 fully saturated rings. The van der Waals surface area contributed by atoms with E-state index in [0.29, 0.717) is 25.1 Å². The van der Waals surface area contributed by atoms with Gasteiger partial charge < -0.3 is 20.5 Å². The molecule has 1 aromatic carbocycles. The zero-order valence-corrected chi connectivity index (χ0v) is 12.7. The Balaban J connectivity index is 1.84. The Bertz CT molecular complexity index is 585. The molecule has 1 aromatic rings. The molecule has 0 radical (unpaired) electrons. The fourth-order valence-electron chi connectivity index (χ4n) is 2.55. The number of aliphatic carboxylic acids is 1. The normalized spacial score (nSPS) is 17.6. The standard InChI is InChI=1S/C16H20N2O5/c17-14(19)8-11-3-5-13(6-4-11)23-10-15(20)18-7-1-2-12(9-18)16(21)22/h3-6,12H,1-2,7-10H2,(H2,17,19)(H,21,22)/t12-/m0/s1. The van der Waals surface area contributed by atoms with Crippen molar-refractivity contribution in [1.82, 2.24) is 4.90 Å². The summed E-state index contributed by atoms with van der Waals surface area (Å²) < 4.78 is 5.42. The maximum Gasteiger partial charge on any atom is 0.308 e. The maximum atomic E-state index is 12.1. The van der Waals surface area contributed by atoms with Crippen LogP contribution in [0.5, 0.6) is 5.75 Å². The van der Waals surface area contributed by atoms with E-state index in [2.05, 4.69) is 0 Å². The Morgan fingerprint density at radius 1 is 1.26 bits per heavy atom. The van der Waals surface area contributed by atoms with Crippen LogP contribution in [0.1, 0.15) is 18.4 Å². The van der Waals surface area contributed by atoms with Crippen molar-refractivity contribution in [1.29, 1.82) is 0 Å². The van der Waals surface area contributed by atoms with E-state index in [-0.39, 0.29) is 25.5 Å². The number of carboxylic acids is 1. The number of piperidine rings is 1. The number of primary amides is 1. The summed E-state index contributed by atoms with van der Waals surface area (Å²) in [7, 11) is 0. The highest BCUT2D eigenvalue weighted by molar-refractivity contribution is 5.79. The highest BCUT2D eigenvalue weighted by atomic mass is 16.5. The van der Waals surface area contributed by atoms with E-state index < -0.39 is 17.8 Å². The molecule has 3 N–H and O–H groups in total. The van der Waals surface area contributed by atoms with Crippen LogP contribution >= 0.6 is 0 Å². The van der Waals surface area contributed by atoms with Gasteiger partial charge in [-0.1, -0.05) is 12.1 Å². The molecular weight excluding hydrogens is 300 g/mol. The maximum absolute atomic E-state index is 12.1. The number of amides is 2. The molecule has 1 aliphatic heterocycles. The lowest BCUT2D eigenvalue weighted by atomic mass is 9.98. The number of carbonyl (C=O) groups is 3. The van der Waals surface area contributed by atoms with E-state index in [0.717, 1.165) is 5.56 Å². The number of carboxylic acid groups (broad SMARTS) is 1. The van der Waals surface area contributed by atoms with Gasteiger partial charge in [-0.3, -0.25) is 14.4 Å². The average Bonchev–Trinajstić information content (AvgIpc) is 2.53. The third kappa shape index (κ3) is 4.98. The van der Waals surface area contributed by atoms with Gasteiger partial charge in [0.15, 0.2) is 6.61 Å². The van der Waals surface area contributed by atoms with Gasteiger partial charge in [0, 0.05) is 13.1 Å². The fourth-order valence-corrected chi connectivity index (χ4v) is 2.55. The predicted octanol–water partition coefficient (Wildman–Crippen LogP) is 0.416. The zero-order chi connectivity index (χ0) is 16.8. The summed E-state index contributed by atoms with van der Waals surface area (Å²) >= 11 is 0. The first-order chi connectivity index (χ1) is 11.0. The molecular formula is C16H20N2O5. The second-order valence-electron chi connectivity index (χ2n) is 5.59. The van der Waals surface area contributed by atoms with Crippen molar-refractivity contribution >= 4 is 17.8 Å². The number of hydrogen-bond donors (Lipinski definition) is 2. The Labute approximate surface area is 134 Å². The summed E-state index contributed by atoms with van der Waals surface area (Å²) in [5.41, 5.74) is 5.89. The Morgan fingerprint density at radius 2 is 1.96 bits per heavy atom. The second kappa shape index (κ2) is 7.62. The van der Waals surface area contributed by atoms with Gasteiger partial charge in [0.1, 0.15) is 5.75 Å². The molecule has 7 nitrogen and oxygen atoms in total. The van der Waals surface area contributed by atoms with Crippen LogP contribution in [-0.4, -0.2) is 47.5 Å². The molecule has 0 saturated carbocycles. The Hall–Kier alpha value is -2.57. The van der Waals surface area contributed by atoms with E-state index in [1.165, 1.54) is 4.90 Å². The van der Waals surface area contributed by atoms with E-state index in [1.54, 1.807) is 24.3 Å². The summed E-state index contributed by atoms with van der Waals surface area (Å²) in [5, 5.41) is 9.03. The molecule has 1 atom stereocenters. The van der Waals surface area contributed by atoms with Crippen LogP contribution in [0.3, 0.4) is 0 Å². The largest absolute Gasteiger partial charge is 0.484 e. The van der Waals surface area contributed by atoms with Gasteiger partial charge in [-0.05, 0) is 30.5 Å². The second-order valence-corrected chi connectivity index (χ2v) is 5.59. The summed E-state index contributed by atoms with van der Waals surface area (Å²) in [6.07, 6.45) is 1.44. The van der Waals surface area contributed by atoms with Crippen LogP contribution in [0, 0.1) is 5.92 Å². The molecule has 2 rings (SSSR count). The van der Waals surface area contributed by atoms with Gasteiger partial charge in [0.2, 0.25) is 5.91 Å². The van der Waals surface area contributed by atoms with Crippen molar-refractivity contribution in [2.45, 2.75) is 19.3 Å². The number of benzene rings is 1. The number of rotatable bonds is 6. The van der Waals surface area contributed by atoms with Crippen LogP contribution < -0.4 is 10.5 Å². The molecule has 1 saturated heterocycles. The van der Waals surface area contributed by atoms with Crippen LogP contribution in [0.25, 0.3) is 0 Å². The third-order valence-electron chi connectivity index (χ3n) is 3.79. The molecule has 0 spiro atoms. The first-order valence-corrected chi connectivity index (χ1v) is 7.46. The van der Waals surface area contributed by atoms with E-state index in [4.69, 9.17) is 15.6 Å². The quantitative estimate of drug-likeness (QED) is 0.789. The van der Waals surface area contributed by atoms with Gasteiger partial charge in [0.25, 0.3) is 5.91 Å². The summed E-state index contributed by atoms with van der Waals surface area (Å²) in [6.45, 7) is 0.653. The minimum Gasteiger partial charge on any atom is -0.484 e. The van der Waals surface area contributed by atoms with Crippen molar-refractivity contribution < 1.29 is 24.2 Å². The lowest BCUT2D eigenvalue weighted by Crippen LogP contribution is -2.44. The lowest BCUT2D eigenvalue weighted by molar-refractivity contribution is -0.146. The molecule has 124 valence electrons. The summed E-state index contributed by atoms with van der Waals surface area (Å²) in [4.78, 5) is 35.5. The SMILES string of the molecule is NC(=O)Cc1ccc(OCC(=O)N2CCC[C@H](C(=O)O)C2)cc1. The first-order valence-electron chi connectivity index (χ1n) is 7.46. The third-order valence-corrected chi connectivity index (χ3v) is 3.79. The lowest BCUT2D eigenvalue weighted by Gasteiger charge is -2.30. The molecule has 0 bridgehead atoms. The molecule has 23 heavy (non-hydrogen) atoms. The molecule has 0 aliphatic carbocycles. The fraction of sp³-hybridized carbons (Fsp3) is 0.438. The smallest absolute Gasteiger partial charge is 0.308 e. The van der Waals surface area contributed by atoms with Gasteiger partial charge in [-0.15, -0.1) is 0 Å². The first kappa shape index (κ1) is 16.8. The van der Waals surface area contributed by atoms with Crippen molar-refractivity contribution in [3.63, 3.8) is 0 Å². The monoisotopic (exact) mass is 320 g/mol. The van der Waals surface area contributed by atoms with E-state index in [9.17, 15) is 14.4 Å². The zero-order valence-electron chi connectivity index (χ0n) is 12.7. The van der Waals surface area contributed by atoms with Gasteiger partial charge in [-0.25, -0.2) is 0 Å². The molecule has 7 heteroatoms. The van der Waals surface area contributed by atoms with Crippen LogP contribution in [-0.2, 0) is 20.8 Å². The summed E-state index contributed by atoms with van der Waals surface area (Å²) in [6, 6.07) is 6.77. The van der Waals surface area contributed by atoms with Gasteiger partial charge in [-0.2, -0.15) is 0 Å². The number of likely N-dealkylation sites (tertiary alicyclic amines) is 1. The van der Waals surface area contributed by atoms with Crippen LogP contribution in [0.15, 0.2) is 24.3 Å². The number of carbonyl (C=O) groups excluding carboxylic acids is 2. The molecule has 0 aromatic heterocycles. The van der Waals surface area contributed by atoms with E-state index in [1.807, 2.05) is 0 Å². The number of nitrogens with two attached hydrogens (primary N) is 1. The molecule has 0 unspecified atom stereocenters. The van der Waals surface area contributed by atoms with Crippen molar-refractivity contribution in [3.8, 4) is 5.75 Å². The van der Waals surface area contributed by atoms with Gasteiger partial charge >= 0.3 is 5.97 Å². The highest BCUT2D eigenvalue weighted by Crippen LogP contribution is 2.17. The summed E-state index contributed by atoms with van der Waals surface area (Å²) in [5.74, 6) is -1.49. The molecule has 1 aliphatic rings. The van der Waals surface area contributed by atoms with Crippen LogP contribution in [0.2, 0.25) is 0 Å². The minimum absolute atomic E-state index is 0.137. The van der Waals surface area contributed by atoms with Crippen molar-refractivity contribution in [3.05, 3.63) is 29.8 Å². The number of ether oxygens (including phenoxy) is 1.